The Morgan fingerprint density at radius 3 is 2.54 bits per heavy atom. The number of anilines is 1. The van der Waals surface area contributed by atoms with Crippen LogP contribution in [0.3, 0.4) is 0 Å². The van der Waals surface area contributed by atoms with E-state index in [0.717, 1.165) is 6.07 Å². The van der Waals surface area contributed by atoms with Crippen molar-refractivity contribution in [1.82, 2.24) is 5.16 Å². The van der Waals surface area contributed by atoms with E-state index in [-0.39, 0.29) is 46.3 Å². The smallest absolute Gasteiger partial charge is 0.426 e. The molecule has 0 spiro atoms. The van der Waals surface area contributed by atoms with E-state index in [1.807, 2.05) is 0 Å². The number of carbonyl (C=O) groups excluding carboxylic acids is 1. The first-order valence-electron chi connectivity index (χ1n) is 10.8. The van der Waals surface area contributed by atoms with Gasteiger partial charge in [0.2, 0.25) is 5.60 Å². The van der Waals surface area contributed by atoms with Crippen LogP contribution in [0.1, 0.15) is 36.9 Å². The molecule has 0 radical (unpaired) electrons. The fraction of sp³-hybridized carbons (Fsp3) is 0.375. The maximum absolute atomic E-state index is 14.3. The Morgan fingerprint density at radius 1 is 1.23 bits per heavy atom. The molecule has 0 bridgehead atoms. The van der Waals surface area contributed by atoms with Gasteiger partial charge in [-0.2, -0.15) is 13.2 Å². The summed E-state index contributed by atoms with van der Waals surface area (Å²) in [6.45, 7) is 1.52. The van der Waals surface area contributed by atoms with Crippen molar-refractivity contribution in [3.63, 3.8) is 0 Å². The lowest BCUT2D eigenvalue weighted by Crippen LogP contribution is -2.59. The number of carbonyl (C=O) groups is 1. The van der Waals surface area contributed by atoms with Crippen molar-refractivity contribution in [1.29, 1.82) is 0 Å². The van der Waals surface area contributed by atoms with Gasteiger partial charge in [0.1, 0.15) is 0 Å². The van der Waals surface area contributed by atoms with Crippen molar-refractivity contribution < 1.29 is 36.7 Å². The number of ether oxygens (including phenoxy) is 1. The zero-order valence-corrected chi connectivity index (χ0v) is 18.8. The number of aromatic nitrogens is 1. The quantitative estimate of drug-likeness (QED) is 0.493. The van der Waals surface area contributed by atoms with Crippen molar-refractivity contribution in [2.75, 3.05) is 12.4 Å². The number of hydrogen-bond donors (Lipinski definition) is 2. The van der Waals surface area contributed by atoms with Crippen LogP contribution in [0.4, 0.5) is 23.2 Å². The number of rotatable bonds is 6. The summed E-state index contributed by atoms with van der Waals surface area (Å²) in [5, 5.41) is 16.9. The molecule has 11 heteroatoms. The SMILES string of the molecule is COc1c(F)cccc1C1(CC(O)(C(=O)Nc2ccc3c(=O)onc(C)c3c2)C(F)(F)F)CCC1. The minimum absolute atomic E-state index is 0.0772. The molecule has 2 aromatic carbocycles. The Hall–Kier alpha value is -3.47. The minimum Gasteiger partial charge on any atom is -0.493 e. The summed E-state index contributed by atoms with van der Waals surface area (Å²) in [5.74, 6) is -2.66. The average molecular weight is 494 g/mol. The number of nitrogens with one attached hydrogen (secondary N) is 1. The van der Waals surface area contributed by atoms with E-state index in [2.05, 4.69) is 15.0 Å². The standard InChI is InChI=1S/C24H22F4N2O5/c1-13-16-11-14(7-8-15(16)20(31)35-30-13)29-21(32)23(33,24(26,27)28)12-22(9-4-10-22)17-5-3-6-18(25)19(17)34-2/h3,5-8,11,33H,4,9-10,12H2,1-2H3,(H,29,32). The van der Waals surface area contributed by atoms with Crippen LogP contribution in [-0.4, -0.2) is 35.1 Å². The van der Waals surface area contributed by atoms with Crippen molar-refractivity contribution in [2.45, 2.75) is 49.8 Å². The molecule has 7 nitrogen and oxygen atoms in total. The number of nitrogens with zero attached hydrogens (tertiary/aromatic N) is 1. The van der Waals surface area contributed by atoms with Gasteiger partial charge in [0.05, 0.1) is 18.2 Å². The zero-order chi connectivity index (χ0) is 25.6. The maximum Gasteiger partial charge on any atom is 0.426 e. The van der Waals surface area contributed by atoms with Crippen molar-refractivity contribution in [2.24, 2.45) is 0 Å². The summed E-state index contributed by atoms with van der Waals surface area (Å²) in [5.41, 5.74) is -5.48. The van der Waals surface area contributed by atoms with Gasteiger partial charge in [0, 0.05) is 28.5 Å². The van der Waals surface area contributed by atoms with Gasteiger partial charge < -0.3 is 19.7 Å². The normalized spacial score (nSPS) is 16.9. The molecule has 1 fully saturated rings. The van der Waals surface area contributed by atoms with Crippen molar-refractivity contribution in [3.8, 4) is 5.75 Å². The summed E-state index contributed by atoms with van der Waals surface area (Å²) >= 11 is 0. The number of alkyl halides is 3. The van der Waals surface area contributed by atoms with Crippen LogP contribution in [0.5, 0.6) is 5.75 Å². The first-order valence-corrected chi connectivity index (χ1v) is 10.8. The van der Waals surface area contributed by atoms with Gasteiger partial charge in [-0.15, -0.1) is 0 Å². The fourth-order valence-corrected chi connectivity index (χ4v) is 4.62. The molecule has 2 N–H and O–H groups in total. The van der Waals surface area contributed by atoms with Gasteiger partial charge in [-0.05, 0) is 44.0 Å². The molecular formula is C24H22F4N2O5. The van der Waals surface area contributed by atoms with Gasteiger partial charge in [-0.3, -0.25) is 4.79 Å². The van der Waals surface area contributed by atoms with Crippen molar-refractivity contribution >= 4 is 22.4 Å². The van der Waals surface area contributed by atoms with Crippen LogP contribution >= 0.6 is 0 Å². The van der Waals surface area contributed by atoms with Crippen molar-refractivity contribution in [3.05, 3.63) is 63.9 Å². The number of fused-ring (bicyclic) bond motifs is 1. The topological polar surface area (TPSA) is 102 Å². The average Bonchev–Trinajstić information content (AvgIpc) is 2.77. The highest BCUT2D eigenvalue weighted by molar-refractivity contribution is 6.00. The molecule has 0 aliphatic heterocycles. The van der Waals surface area contributed by atoms with Gasteiger partial charge >= 0.3 is 11.8 Å². The number of aryl methyl sites for hydroxylation is 1. The molecule has 1 heterocycles. The number of amides is 1. The minimum atomic E-state index is -5.34. The molecule has 1 saturated carbocycles. The number of para-hydroxylation sites is 1. The van der Waals surface area contributed by atoms with E-state index in [1.54, 1.807) is 0 Å². The van der Waals surface area contributed by atoms with Gasteiger partial charge in [0.25, 0.3) is 5.91 Å². The van der Waals surface area contributed by atoms with E-state index < -0.39 is 41.0 Å². The van der Waals surface area contributed by atoms with Gasteiger partial charge in [-0.25, -0.2) is 9.18 Å². The molecule has 35 heavy (non-hydrogen) atoms. The Labute approximate surface area is 196 Å². The molecule has 1 amide bonds. The van der Waals surface area contributed by atoms with E-state index in [1.165, 1.54) is 44.4 Å². The van der Waals surface area contributed by atoms with E-state index in [4.69, 9.17) is 4.74 Å². The van der Waals surface area contributed by atoms with E-state index in [0.29, 0.717) is 6.42 Å². The highest BCUT2D eigenvalue weighted by Gasteiger charge is 2.63. The number of methoxy groups -OCH3 is 1. The largest absolute Gasteiger partial charge is 0.493 e. The first-order chi connectivity index (χ1) is 16.4. The lowest BCUT2D eigenvalue weighted by molar-refractivity contribution is -0.257. The third-order valence-corrected chi connectivity index (χ3v) is 6.64. The predicted octanol–water partition coefficient (Wildman–Crippen LogP) is 4.39. The van der Waals surface area contributed by atoms with Gasteiger partial charge in [0.15, 0.2) is 11.6 Å². The number of hydrogen-bond acceptors (Lipinski definition) is 6. The molecule has 1 atom stereocenters. The lowest BCUT2D eigenvalue weighted by Gasteiger charge is -2.47. The number of aliphatic hydroxyl groups is 1. The summed E-state index contributed by atoms with van der Waals surface area (Å²) in [7, 11) is 1.20. The molecular weight excluding hydrogens is 472 g/mol. The van der Waals surface area contributed by atoms with Crippen LogP contribution in [-0.2, 0) is 10.2 Å². The molecule has 1 aromatic heterocycles. The molecule has 1 unspecified atom stereocenters. The second-order valence-electron chi connectivity index (χ2n) is 8.76. The Morgan fingerprint density at radius 2 is 1.94 bits per heavy atom. The first kappa shape index (κ1) is 24.6. The fourth-order valence-electron chi connectivity index (χ4n) is 4.62. The zero-order valence-electron chi connectivity index (χ0n) is 18.8. The predicted molar refractivity (Wildman–Crippen MR) is 118 cm³/mol. The number of benzene rings is 2. The Bertz CT molecular complexity index is 1350. The molecule has 0 saturated heterocycles. The molecule has 4 rings (SSSR count). The van der Waals surface area contributed by atoms with Crippen LogP contribution < -0.4 is 15.7 Å². The second kappa shape index (κ2) is 8.63. The third-order valence-electron chi connectivity index (χ3n) is 6.64. The van der Waals surface area contributed by atoms with Crippen LogP contribution in [0.15, 0.2) is 45.7 Å². The third kappa shape index (κ3) is 4.13. The van der Waals surface area contributed by atoms with Crippen LogP contribution in [0.2, 0.25) is 0 Å². The van der Waals surface area contributed by atoms with Gasteiger partial charge in [-0.1, -0.05) is 23.7 Å². The summed E-state index contributed by atoms with van der Waals surface area (Å²) < 4.78 is 66.7. The van der Waals surface area contributed by atoms with Crippen LogP contribution in [0, 0.1) is 12.7 Å². The summed E-state index contributed by atoms with van der Waals surface area (Å²) in [6, 6.07) is 7.69. The van der Waals surface area contributed by atoms with Crippen LogP contribution in [0.25, 0.3) is 10.8 Å². The Balaban J connectivity index is 1.72. The molecule has 1 aliphatic carbocycles. The summed E-state index contributed by atoms with van der Waals surface area (Å²) in [6.07, 6.45) is -5.42. The number of halogens is 4. The maximum atomic E-state index is 14.3. The molecule has 3 aromatic rings. The highest BCUT2D eigenvalue weighted by Crippen LogP contribution is 2.54. The molecule has 1 aliphatic rings. The lowest BCUT2D eigenvalue weighted by atomic mass is 9.59. The molecule has 186 valence electrons. The second-order valence-corrected chi connectivity index (χ2v) is 8.76. The Kier molecular flexibility index (Phi) is 6.08. The summed E-state index contributed by atoms with van der Waals surface area (Å²) in [4.78, 5) is 24.8. The monoisotopic (exact) mass is 494 g/mol. The van der Waals surface area contributed by atoms with E-state index in [9.17, 15) is 32.3 Å². The van der Waals surface area contributed by atoms with E-state index >= 15 is 0 Å². The highest BCUT2D eigenvalue weighted by atomic mass is 19.4.